The van der Waals surface area contributed by atoms with Gasteiger partial charge in [0.2, 0.25) is 11.8 Å². The smallest absolute Gasteiger partial charge is 0.239 e. The van der Waals surface area contributed by atoms with Gasteiger partial charge in [0, 0.05) is 18.8 Å². The Morgan fingerprint density at radius 2 is 2.00 bits per heavy atom. The molecule has 0 bridgehead atoms. The van der Waals surface area contributed by atoms with E-state index in [0.717, 1.165) is 5.69 Å². The number of nitrogens with zero attached hydrogens (tertiary/aromatic N) is 4. The molecule has 31 heavy (non-hydrogen) atoms. The van der Waals surface area contributed by atoms with Gasteiger partial charge in [0.05, 0.1) is 23.8 Å². The van der Waals surface area contributed by atoms with Crippen molar-refractivity contribution in [2.45, 2.75) is 37.4 Å². The number of likely N-dealkylation sites (N-methyl/N-ethyl adjacent to an activating group) is 1. The van der Waals surface area contributed by atoms with Gasteiger partial charge in [0.15, 0.2) is 15.0 Å². The van der Waals surface area contributed by atoms with Gasteiger partial charge in [-0.1, -0.05) is 37.7 Å². The van der Waals surface area contributed by atoms with Crippen molar-refractivity contribution >= 4 is 33.4 Å². The van der Waals surface area contributed by atoms with Crippen molar-refractivity contribution in [3.63, 3.8) is 0 Å². The molecule has 1 atom stereocenters. The van der Waals surface area contributed by atoms with Gasteiger partial charge in [0.1, 0.15) is 6.33 Å². The zero-order valence-electron chi connectivity index (χ0n) is 17.8. The van der Waals surface area contributed by atoms with Crippen LogP contribution in [0.25, 0.3) is 5.69 Å². The topological polar surface area (TPSA) is 114 Å². The second-order valence-corrected chi connectivity index (χ2v) is 11.1. The Balaban J connectivity index is 1.51. The molecule has 11 heteroatoms. The number of thioether (sulfide) groups is 1. The highest BCUT2D eigenvalue weighted by atomic mass is 32.2. The molecule has 1 aromatic carbocycles. The molecule has 3 rings (SSSR count). The van der Waals surface area contributed by atoms with Crippen molar-refractivity contribution in [1.82, 2.24) is 25.0 Å². The van der Waals surface area contributed by atoms with Crippen LogP contribution in [0.2, 0.25) is 0 Å². The second kappa shape index (κ2) is 9.82. The molecule has 1 N–H and O–H groups in total. The van der Waals surface area contributed by atoms with E-state index >= 15 is 0 Å². The molecule has 2 amide bonds. The average Bonchev–Trinajstić information content (AvgIpc) is 3.31. The minimum Gasteiger partial charge on any atom is -0.351 e. The molecule has 1 aromatic heterocycles. The summed E-state index contributed by atoms with van der Waals surface area (Å²) in [6.07, 6.45) is 2.01. The van der Waals surface area contributed by atoms with Gasteiger partial charge >= 0.3 is 0 Å². The largest absolute Gasteiger partial charge is 0.351 e. The number of rotatable bonds is 8. The average molecular weight is 466 g/mol. The van der Waals surface area contributed by atoms with Gasteiger partial charge in [-0.2, -0.15) is 0 Å². The summed E-state index contributed by atoms with van der Waals surface area (Å²) < 4.78 is 24.8. The maximum Gasteiger partial charge on any atom is 0.239 e. The van der Waals surface area contributed by atoms with Crippen LogP contribution >= 0.6 is 11.8 Å². The van der Waals surface area contributed by atoms with Crippen LogP contribution in [-0.2, 0) is 19.4 Å². The number of nitrogens with one attached hydrogen (secondary N) is 1. The van der Waals surface area contributed by atoms with E-state index in [1.165, 1.54) is 22.2 Å². The molecule has 2 aromatic rings. The number of carbonyl (C=O) groups excluding carboxylic acids is 2. The van der Waals surface area contributed by atoms with Gasteiger partial charge in [0.25, 0.3) is 0 Å². The number of hydrogen-bond acceptors (Lipinski definition) is 7. The quantitative estimate of drug-likeness (QED) is 0.584. The second-order valence-electron chi connectivity index (χ2n) is 7.94. The van der Waals surface area contributed by atoms with Crippen LogP contribution in [-0.4, -0.2) is 76.8 Å². The van der Waals surface area contributed by atoms with E-state index in [1.54, 1.807) is 13.4 Å². The number of amides is 2. The van der Waals surface area contributed by atoms with E-state index in [1.807, 2.05) is 16.7 Å². The van der Waals surface area contributed by atoms with Gasteiger partial charge in [-0.15, -0.1) is 10.2 Å². The van der Waals surface area contributed by atoms with Crippen molar-refractivity contribution in [2.24, 2.45) is 0 Å². The van der Waals surface area contributed by atoms with Crippen LogP contribution in [0.3, 0.4) is 0 Å². The Morgan fingerprint density at radius 3 is 2.61 bits per heavy atom. The third kappa shape index (κ3) is 6.30. The lowest BCUT2D eigenvalue weighted by molar-refractivity contribution is -0.132. The van der Waals surface area contributed by atoms with E-state index < -0.39 is 9.84 Å². The number of aromatic nitrogens is 3. The Morgan fingerprint density at radius 1 is 1.29 bits per heavy atom. The van der Waals surface area contributed by atoms with Gasteiger partial charge < -0.3 is 10.2 Å². The SMILES string of the molecule is CC(C)c1ccc(-n2cnnc2SCC(=O)N(C)CC(=O)N[C@H]2CCS(=O)(=O)C2)cc1. The summed E-state index contributed by atoms with van der Waals surface area (Å²) in [5.41, 5.74) is 2.14. The Labute approximate surface area is 186 Å². The molecule has 0 radical (unpaired) electrons. The number of hydrogen-bond donors (Lipinski definition) is 1. The van der Waals surface area contributed by atoms with Gasteiger partial charge in [-0.3, -0.25) is 14.2 Å². The summed E-state index contributed by atoms with van der Waals surface area (Å²) in [6, 6.07) is 7.72. The monoisotopic (exact) mass is 465 g/mol. The minimum absolute atomic E-state index is 0.0416. The van der Waals surface area contributed by atoms with Crippen LogP contribution in [0.1, 0.15) is 31.7 Å². The molecule has 0 aliphatic carbocycles. The third-order valence-corrected chi connectivity index (χ3v) is 7.78. The molecule has 0 spiro atoms. The van der Waals surface area contributed by atoms with E-state index in [9.17, 15) is 18.0 Å². The number of carbonyl (C=O) groups is 2. The maximum absolute atomic E-state index is 12.5. The molecule has 1 fully saturated rings. The third-order valence-electron chi connectivity index (χ3n) is 5.08. The lowest BCUT2D eigenvalue weighted by Crippen LogP contribution is -2.43. The van der Waals surface area contributed by atoms with Crippen LogP contribution in [0.5, 0.6) is 0 Å². The summed E-state index contributed by atoms with van der Waals surface area (Å²) in [5, 5.41) is 11.3. The first kappa shape index (κ1) is 23.3. The summed E-state index contributed by atoms with van der Waals surface area (Å²) in [7, 11) is -1.52. The van der Waals surface area contributed by atoms with E-state index in [2.05, 4.69) is 41.5 Å². The molecule has 168 valence electrons. The predicted octanol–water partition coefficient (Wildman–Crippen LogP) is 1.24. The first-order chi connectivity index (χ1) is 14.6. The lowest BCUT2D eigenvalue weighted by atomic mass is 10.0. The van der Waals surface area contributed by atoms with Crippen molar-refractivity contribution in [1.29, 1.82) is 0 Å². The molecule has 1 aliphatic rings. The number of sulfone groups is 1. The number of benzene rings is 1. The highest BCUT2D eigenvalue weighted by Gasteiger charge is 2.29. The predicted molar refractivity (Wildman–Crippen MR) is 119 cm³/mol. The zero-order chi connectivity index (χ0) is 22.6. The van der Waals surface area contributed by atoms with E-state index in [-0.39, 0.29) is 41.7 Å². The molecule has 1 aliphatic heterocycles. The van der Waals surface area contributed by atoms with Crippen molar-refractivity contribution in [3.05, 3.63) is 36.2 Å². The summed E-state index contributed by atoms with van der Waals surface area (Å²) >= 11 is 1.24. The molecule has 1 saturated heterocycles. The lowest BCUT2D eigenvalue weighted by Gasteiger charge is -2.18. The molecule has 0 saturated carbocycles. The summed E-state index contributed by atoms with van der Waals surface area (Å²) in [5.74, 6) is -0.0123. The van der Waals surface area contributed by atoms with E-state index in [4.69, 9.17) is 0 Å². The minimum atomic E-state index is -3.07. The first-order valence-electron chi connectivity index (χ1n) is 10.0. The normalized spacial score (nSPS) is 17.6. The molecule has 0 unspecified atom stereocenters. The summed E-state index contributed by atoms with van der Waals surface area (Å²) in [6.45, 7) is 4.14. The van der Waals surface area contributed by atoms with Crippen molar-refractivity contribution < 1.29 is 18.0 Å². The zero-order valence-corrected chi connectivity index (χ0v) is 19.4. The highest BCUT2D eigenvalue weighted by molar-refractivity contribution is 7.99. The fraction of sp³-hybridized carbons (Fsp3) is 0.500. The first-order valence-corrected chi connectivity index (χ1v) is 12.8. The standard InChI is InChI=1S/C20H27N5O4S2/c1-14(2)15-4-6-17(7-5-15)25-13-21-23-20(25)30-11-19(27)24(3)10-18(26)22-16-8-9-31(28,29)12-16/h4-7,13-14,16H,8-12H2,1-3H3,(H,22,26)/t16-/m0/s1. The van der Waals surface area contributed by atoms with E-state index in [0.29, 0.717) is 17.5 Å². The van der Waals surface area contributed by atoms with Gasteiger partial charge in [-0.25, -0.2) is 8.42 Å². The Kier molecular flexibility index (Phi) is 7.37. The summed E-state index contributed by atoms with van der Waals surface area (Å²) in [4.78, 5) is 25.9. The van der Waals surface area contributed by atoms with Gasteiger partial charge in [-0.05, 0) is 30.0 Å². The maximum atomic E-state index is 12.5. The van der Waals surface area contributed by atoms with Crippen LogP contribution in [0.4, 0.5) is 0 Å². The highest BCUT2D eigenvalue weighted by Crippen LogP contribution is 2.22. The molecule has 9 nitrogen and oxygen atoms in total. The molecular formula is C20H27N5O4S2. The Bertz CT molecular complexity index is 1030. The fourth-order valence-electron chi connectivity index (χ4n) is 3.24. The van der Waals surface area contributed by atoms with Crippen LogP contribution in [0, 0.1) is 0 Å². The van der Waals surface area contributed by atoms with Crippen LogP contribution in [0.15, 0.2) is 35.7 Å². The molecule has 2 heterocycles. The Hall–Kier alpha value is -2.40. The van der Waals surface area contributed by atoms with Crippen molar-refractivity contribution in [3.8, 4) is 5.69 Å². The van der Waals surface area contributed by atoms with Crippen LogP contribution < -0.4 is 5.32 Å². The van der Waals surface area contributed by atoms with Crippen molar-refractivity contribution in [2.75, 3.05) is 30.9 Å². The fourth-order valence-corrected chi connectivity index (χ4v) is 5.78. The molecular weight excluding hydrogens is 438 g/mol.